The number of nitrogens with one attached hydrogen (secondary N) is 3. The van der Waals surface area contributed by atoms with Crippen molar-refractivity contribution >= 4 is 35.6 Å². The predicted octanol–water partition coefficient (Wildman–Crippen LogP) is 4.26. The van der Waals surface area contributed by atoms with E-state index in [4.69, 9.17) is 4.42 Å². The Morgan fingerprint density at radius 1 is 1.17 bits per heavy atom. The van der Waals surface area contributed by atoms with Crippen molar-refractivity contribution in [2.75, 3.05) is 10.6 Å². The van der Waals surface area contributed by atoms with Crippen molar-refractivity contribution in [3.63, 3.8) is 0 Å². The molecular weight excluding hydrogens is 397 g/mol. The third kappa shape index (κ3) is 4.62. The van der Waals surface area contributed by atoms with Crippen LogP contribution >= 0.6 is 12.4 Å². The number of furan rings is 1. The van der Waals surface area contributed by atoms with Crippen molar-refractivity contribution in [1.29, 1.82) is 0 Å². The van der Waals surface area contributed by atoms with Gasteiger partial charge < -0.3 is 20.4 Å². The third-order valence-electron chi connectivity index (χ3n) is 5.76. The summed E-state index contributed by atoms with van der Waals surface area (Å²) in [6.45, 7) is 1.66. The Morgan fingerprint density at radius 3 is 2.69 bits per heavy atom. The number of amides is 2. The lowest BCUT2D eigenvalue weighted by atomic mass is 9.85. The molecule has 6 nitrogen and oxygen atoms in total. The summed E-state index contributed by atoms with van der Waals surface area (Å²) in [5.41, 5.74) is 0.797. The topological polar surface area (TPSA) is 83.4 Å². The second-order valence-corrected chi connectivity index (χ2v) is 7.63. The zero-order valence-corrected chi connectivity index (χ0v) is 17.0. The van der Waals surface area contributed by atoms with Crippen molar-refractivity contribution in [3.8, 4) is 0 Å². The minimum Gasteiger partial charge on any atom is -0.469 e. The van der Waals surface area contributed by atoms with Crippen molar-refractivity contribution in [2.45, 2.75) is 51.1 Å². The first-order valence-corrected chi connectivity index (χ1v) is 9.73. The fourth-order valence-corrected chi connectivity index (χ4v) is 4.26. The molecule has 0 bridgehead atoms. The molecule has 2 heterocycles. The Bertz CT molecular complexity index is 887. The molecule has 0 radical (unpaired) electrons. The van der Waals surface area contributed by atoms with E-state index in [1.165, 1.54) is 49.8 Å². The van der Waals surface area contributed by atoms with E-state index in [0.29, 0.717) is 29.0 Å². The second kappa shape index (κ2) is 8.97. The SMILES string of the molecule is Cc1occc1C(=O)Nc1cc(NC(=O)C2CC3CCCCC3N2)ccc1F.Cl. The summed E-state index contributed by atoms with van der Waals surface area (Å²) < 4.78 is 19.3. The molecule has 0 spiro atoms. The summed E-state index contributed by atoms with van der Waals surface area (Å²) in [6, 6.07) is 5.88. The number of halogens is 2. The maximum atomic E-state index is 14.1. The molecule has 1 saturated heterocycles. The Hall–Kier alpha value is -2.38. The normalized spacial score (nSPS) is 23.0. The molecule has 1 saturated carbocycles. The smallest absolute Gasteiger partial charge is 0.259 e. The van der Waals surface area contributed by atoms with Crippen LogP contribution in [0.4, 0.5) is 15.8 Å². The van der Waals surface area contributed by atoms with Gasteiger partial charge in [0.25, 0.3) is 5.91 Å². The van der Waals surface area contributed by atoms with Crippen molar-refractivity contribution in [3.05, 3.63) is 47.7 Å². The molecule has 1 aliphatic heterocycles. The molecule has 156 valence electrons. The lowest BCUT2D eigenvalue weighted by Gasteiger charge is -2.24. The highest BCUT2D eigenvalue weighted by atomic mass is 35.5. The van der Waals surface area contributed by atoms with Crippen LogP contribution in [0.5, 0.6) is 0 Å². The molecular formula is C21H25ClFN3O3. The van der Waals surface area contributed by atoms with Gasteiger partial charge in [-0.3, -0.25) is 9.59 Å². The number of carbonyl (C=O) groups excluding carboxylic acids is 2. The first kappa shape index (κ1) is 21.3. The second-order valence-electron chi connectivity index (χ2n) is 7.63. The largest absolute Gasteiger partial charge is 0.469 e. The van der Waals surface area contributed by atoms with E-state index >= 15 is 0 Å². The van der Waals surface area contributed by atoms with E-state index in [-0.39, 0.29) is 30.0 Å². The number of fused-ring (bicyclic) bond motifs is 1. The standard InChI is InChI=1S/C21H24FN3O3.ClH/c1-12-15(8-9-28-12)20(26)25-18-11-14(6-7-16(18)22)23-21(27)19-10-13-4-2-3-5-17(13)24-19;/h6-9,11,13,17,19,24H,2-5,10H2,1H3,(H,23,27)(H,25,26);1H. The van der Waals surface area contributed by atoms with Gasteiger partial charge in [-0.25, -0.2) is 4.39 Å². The Balaban J connectivity index is 0.00000240. The van der Waals surface area contributed by atoms with Gasteiger partial charge in [0.1, 0.15) is 11.6 Å². The monoisotopic (exact) mass is 421 g/mol. The molecule has 3 unspecified atom stereocenters. The fraction of sp³-hybridized carbons (Fsp3) is 0.429. The van der Waals surface area contributed by atoms with E-state index in [9.17, 15) is 14.0 Å². The van der Waals surface area contributed by atoms with Gasteiger partial charge >= 0.3 is 0 Å². The van der Waals surface area contributed by atoms with Crippen molar-refractivity contribution in [2.24, 2.45) is 5.92 Å². The number of hydrogen-bond acceptors (Lipinski definition) is 4. The summed E-state index contributed by atoms with van der Waals surface area (Å²) in [5, 5.41) is 8.81. The number of aryl methyl sites for hydroxylation is 1. The van der Waals surface area contributed by atoms with Crippen LogP contribution < -0.4 is 16.0 Å². The summed E-state index contributed by atoms with van der Waals surface area (Å²) >= 11 is 0. The highest BCUT2D eigenvalue weighted by Gasteiger charge is 2.38. The molecule has 3 N–H and O–H groups in total. The Labute approximate surface area is 175 Å². The molecule has 2 fully saturated rings. The maximum Gasteiger partial charge on any atom is 0.259 e. The highest BCUT2D eigenvalue weighted by Crippen LogP contribution is 2.33. The van der Waals surface area contributed by atoms with Gasteiger partial charge in [0, 0.05) is 11.7 Å². The highest BCUT2D eigenvalue weighted by molar-refractivity contribution is 6.05. The minimum absolute atomic E-state index is 0. The van der Waals surface area contributed by atoms with Gasteiger partial charge in [0.15, 0.2) is 0 Å². The van der Waals surface area contributed by atoms with Gasteiger partial charge in [-0.2, -0.15) is 0 Å². The zero-order valence-electron chi connectivity index (χ0n) is 16.2. The van der Waals surface area contributed by atoms with Crippen molar-refractivity contribution in [1.82, 2.24) is 5.32 Å². The third-order valence-corrected chi connectivity index (χ3v) is 5.76. The fourth-order valence-electron chi connectivity index (χ4n) is 4.26. The van der Waals surface area contributed by atoms with E-state index in [1.807, 2.05) is 0 Å². The predicted molar refractivity (Wildman–Crippen MR) is 111 cm³/mol. The van der Waals surface area contributed by atoms with Crippen LogP contribution in [0.2, 0.25) is 0 Å². The number of anilines is 2. The van der Waals surface area contributed by atoms with Crippen LogP contribution in [0, 0.1) is 18.7 Å². The molecule has 29 heavy (non-hydrogen) atoms. The van der Waals surface area contributed by atoms with Gasteiger partial charge in [0.05, 0.1) is 23.6 Å². The summed E-state index contributed by atoms with van der Waals surface area (Å²) in [5.74, 6) is -0.140. The number of rotatable bonds is 4. The molecule has 8 heteroatoms. The van der Waals surface area contributed by atoms with Gasteiger partial charge in [-0.15, -0.1) is 12.4 Å². The van der Waals surface area contributed by atoms with E-state index in [1.54, 1.807) is 6.92 Å². The average Bonchev–Trinajstić information content (AvgIpc) is 3.30. The number of hydrogen-bond donors (Lipinski definition) is 3. The van der Waals surface area contributed by atoms with E-state index in [2.05, 4.69) is 16.0 Å². The first-order chi connectivity index (χ1) is 13.5. The van der Waals surface area contributed by atoms with Crippen molar-refractivity contribution < 1.29 is 18.4 Å². The average molecular weight is 422 g/mol. The molecule has 3 atom stereocenters. The zero-order chi connectivity index (χ0) is 19.7. The maximum absolute atomic E-state index is 14.1. The quantitative estimate of drug-likeness (QED) is 0.688. The van der Waals surface area contributed by atoms with E-state index < -0.39 is 11.7 Å². The molecule has 1 aromatic heterocycles. The summed E-state index contributed by atoms with van der Waals surface area (Å²) in [7, 11) is 0. The van der Waals surface area contributed by atoms with Crippen LogP contribution in [0.15, 0.2) is 34.9 Å². The Morgan fingerprint density at radius 2 is 1.97 bits per heavy atom. The van der Waals surface area contributed by atoms with Crippen LogP contribution in [0.25, 0.3) is 0 Å². The van der Waals surface area contributed by atoms with E-state index in [0.717, 1.165) is 12.8 Å². The van der Waals surface area contributed by atoms with Crippen LogP contribution in [0.1, 0.15) is 48.2 Å². The summed E-state index contributed by atoms with van der Waals surface area (Å²) in [6.07, 6.45) is 6.97. The molecule has 2 amide bonds. The van der Waals surface area contributed by atoms with Gasteiger partial charge in [0.2, 0.25) is 5.91 Å². The van der Waals surface area contributed by atoms with Gasteiger partial charge in [-0.05, 0) is 56.4 Å². The van der Waals surface area contributed by atoms with Crippen LogP contribution in [0.3, 0.4) is 0 Å². The minimum atomic E-state index is -0.572. The Kier molecular flexibility index (Phi) is 6.59. The molecule has 2 aromatic rings. The molecule has 2 aliphatic rings. The lowest BCUT2D eigenvalue weighted by molar-refractivity contribution is -0.117. The lowest BCUT2D eigenvalue weighted by Crippen LogP contribution is -2.39. The van der Waals surface area contributed by atoms with Crippen LogP contribution in [-0.4, -0.2) is 23.9 Å². The van der Waals surface area contributed by atoms with Gasteiger partial charge in [-0.1, -0.05) is 12.8 Å². The summed E-state index contributed by atoms with van der Waals surface area (Å²) in [4.78, 5) is 24.9. The molecule has 1 aromatic carbocycles. The first-order valence-electron chi connectivity index (χ1n) is 9.73. The number of carbonyl (C=O) groups is 2. The van der Waals surface area contributed by atoms with Crippen LogP contribution in [-0.2, 0) is 4.79 Å². The molecule has 1 aliphatic carbocycles. The molecule has 4 rings (SSSR count). The number of benzene rings is 1.